The smallest absolute Gasteiger partial charge is 0.325 e. The number of ether oxygens (including phenoxy) is 1. The summed E-state index contributed by atoms with van der Waals surface area (Å²) in [7, 11) is 2.86. The molecule has 0 N–H and O–H groups in total. The Balaban J connectivity index is 2.15. The van der Waals surface area contributed by atoms with E-state index in [1.54, 1.807) is 19.3 Å². The third-order valence-electron chi connectivity index (χ3n) is 2.92. The standard InChI is InChI=1S/C12H15ClN2O3/c1-14(7-11(16)18-2)12(17)10-5-8(13)6-15(10)9-3-4-9/h5-6,9H,3-4,7H2,1-2H3. The number of rotatable bonds is 4. The summed E-state index contributed by atoms with van der Waals surface area (Å²) in [5, 5.41) is 0.539. The second-order valence-electron chi connectivity index (χ2n) is 4.42. The van der Waals surface area contributed by atoms with Crippen LogP contribution in [0.15, 0.2) is 12.3 Å². The average molecular weight is 271 g/mol. The van der Waals surface area contributed by atoms with Crippen LogP contribution in [0.4, 0.5) is 0 Å². The van der Waals surface area contributed by atoms with Crippen LogP contribution in [0.25, 0.3) is 0 Å². The number of nitrogens with zero attached hydrogens (tertiary/aromatic N) is 2. The summed E-state index contributed by atoms with van der Waals surface area (Å²) in [6.07, 6.45) is 3.89. The van der Waals surface area contributed by atoms with E-state index < -0.39 is 5.97 Å². The van der Waals surface area contributed by atoms with Crippen LogP contribution < -0.4 is 0 Å². The number of aromatic nitrogens is 1. The predicted molar refractivity (Wildman–Crippen MR) is 66.7 cm³/mol. The first kappa shape index (κ1) is 13.0. The molecule has 1 saturated carbocycles. The summed E-state index contributed by atoms with van der Waals surface area (Å²) in [6.45, 7) is -0.0667. The molecule has 2 rings (SSSR count). The number of esters is 1. The summed E-state index contributed by atoms with van der Waals surface area (Å²) in [5.41, 5.74) is 0.522. The molecule has 0 saturated heterocycles. The SMILES string of the molecule is COC(=O)CN(C)C(=O)c1cc(Cl)cn1C1CC1. The number of methoxy groups -OCH3 is 1. The molecule has 1 fully saturated rings. The van der Waals surface area contributed by atoms with Crippen LogP contribution in [0.5, 0.6) is 0 Å². The molecule has 0 aromatic carbocycles. The summed E-state index contributed by atoms with van der Waals surface area (Å²) in [5.74, 6) is -0.666. The van der Waals surface area contributed by atoms with Crippen molar-refractivity contribution in [2.24, 2.45) is 0 Å². The van der Waals surface area contributed by atoms with Crippen molar-refractivity contribution < 1.29 is 14.3 Å². The Kier molecular flexibility index (Phi) is 3.61. The molecule has 0 unspecified atom stereocenters. The molecule has 1 aliphatic rings. The largest absolute Gasteiger partial charge is 0.468 e. The molecule has 1 aliphatic carbocycles. The van der Waals surface area contributed by atoms with E-state index in [1.165, 1.54) is 12.0 Å². The van der Waals surface area contributed by atoms with Gasteiger partial charge in [0.05, 0.1) is 12.1 Å². The van der Waals surface area contributed by atoms with E-state index in [0.29, 0.717) is 16.8 Å². The van der Waals surface area contributed by atoms with Gasteiger partial charge in [0.25, 0.3) is 5.91 Å². The number of carbonyl (C=O) groups is 2. The van der Waals surface area contributed by atoms with E-state index in [0.717, 1.165) is 12.8 Å². The minimum Gasteiger partial charge on any atom is -0.468 e. The van der Waals surface area contributed by atoms with Crippen molar-refractivity contribution in [1.82, 2.24) is 9.47 Å². The van der Waals surface area contributed by atoms with Crippen molar-refractivity contribution in [2.45, 2.75) is 18.9 Å². The molecular weight excluding hydrogens is 256 g/mol. The summed E-state index contributed by atoms with van der Waals surface area (Å²) in [6, 6.07) is 2.00. The normalized spacial score (nSPS) is 14.4. The lowest BCUT2D eigenvalue weighted by molar-refractivity contribution is -0.141. The van der Waals surface area contributed by atoms with Gasteiger partial charge in [-0.1, -0.05) is 11.6 Å². The Morgan fingerprint density at radius 2 is 2.22 bits per heavy atom. The van der Waals surface area contributed by atoms with Crippen molar-refractivity contribution in [1.29, 1.82) is 0 Å². The van der Waals surface area contributed by atoms with Gasteiger partial charge in [-0.3, -0.25) is 9.59 Å². The first-order chi connectivity index (χ1) is 8.52. The number of carbonyl (C=O) groups excluding carboxylic acids is 2. The molecule has 0 radical (unpaired) electrons. The molecule has 5 nitrogen and oxygen atoms in total. The highest BCUT2D eigenvalue weighted by Crippen LogP contribution is 2.37. The molecule has 1 heterocycles. The lowest BCUT2D eigenvalue weighted by Gasteiger charge is -2.16. The zero-order chi connectivity index (χ0) is 13.3. The second-order valence-corrected chi connectivity index (χ2v) is 4.86. The van der Waals surface area contributed by atoms with Gasteiger partial charge in [-0.2, -0.15) is 0 Å². The Labute approximate surface area is 110 Å². The fourth-order valence-electron chi connectivity index (χ4n) is 1.80. The number of amides is 1. The highest BCUT2D eigenvalue weighted by Gasteiger charge is 2.29. The minimum absolute atomic E-state index is 0.0667. The van der Waals surface area contributed by atoms with Crippen molar-refractivity contribution in [3.8, 4) is 0 Å². The second kappa shape index (κ2) is 5.02. The lowest BCUT2D eigenvalue weighted by Crippen LogP contribution is -2.33. The van der Waals surface area contributed by atoms with Gasteiger partial charge >= 0.3 is 5.97 Å². The molecule has 1 amide bonds. The molecule has 0 spiro atoms. The van der Waals surface area contributed by atoms with Crippen LogP contribution in [0.1, 0.15) is 29.4 Å². The molecule has 1 aromatic heterocycles. The fraction of sp³-hybridized carbons (Fsp3) is 0.500. The van der Waals surface area contributed by atoms with Gasteiger partial charge in [-0.25, -0.2) is 0 Å². The zero-order valence-corrected chi connectivity index (χ0v) is 11.1. The summed E-state index contributed by atoms with van der Waals surface area (Å²) in [4.78, 5) is 24.7. The van der Waals surface area contributed by atoms with Gasteiger partial charge in [-0.15, -0.1) is 0 Å². The van der Waals surface area contributed by atoms with E-state index in [1.807, 2.05) is 4.57 Å². The zero-order valence-electron chi connectivity index (χ0n) is 10.4. The number of halogens is 1. The van der Waals surface area contributed by atoms with Crippen molar-refractivity contribution in [2.75, 3.05) is 20.7 Å². The van der Waals surface area contributed by atoms with Crippen LogP contribution in [0.3, 0.4) is 0 Å². The van der Waals surface area contributed by atoms with Gasteiger partial charge in [-0.05, 0) is 18.9 Å². The van der Waals surface area contributed by atoms with E-state index in [4.69, 9.17) is 11.6 Å². The third-order valence-corrected chi connectivity index (χ3v) is 3.12. The lowest BCUT2D eigenvalue weighted by atomic mass is 10.3. The maximum Gasteiger partial charge on any atom is 0.325 e. The molecule has 1 aromatic rings. The molecule has 18 heavy (non-hydrogen) atoms. The highest BCUT2D eigenvalue weighted by molar-refractivity contribution is 6.31. The van der Waals surface area contributed by atoms with Gasteiger partial charge in [0.15, 0.2) is 0 Å². The molecule has 0 aliphatic heterocycles. The highest BCUT2D eigenvalue weighted by atomic mass is 35.5. The fourth-order valence-corrected chi connectivity index (χ4v) is 2.01. The predicted octanol–water partition coefficient (Wildman–Crippen LogP) is 1.72. The van der Waals surface area contributed by atoms with E-state index >= 15 is 0 Å². The van der Waals surface area contributed by atoms with Crippen LogP contribution >= 0.6 is 11.6 Å². The number of hydrogen-bond donors (Lipinski definition) is 0. The van der Waals surface area contributed by atoms with Crippen LogP contribution in [-0.4, -0.2) is 42.0 Å². The Morgan fingerprint density at radius 1 is 1.56 bits per heavy atom. The van der Waals surface area contributed by atoms with Crippen molar-refractivity contribution in [3.63, 3.8) is 0 Å². The molecule has 98 valence electrons. The van der Waals surface area contributed by atoms with Gasteiger partial charge in [0.1, 0.15) is 12.2 Å². The quantitative estimate of drug-likeness (QED) is 0.783. The average Bonchev–Trinajstić information content (AvgIpc) is 3.11. The summed E-state index contributed by atoms with van der Waals surface area (Å²) < 4.78 is 6.42. The van der Waals surface area contributed by atoms with E-state index in [2.05, 4.69) is 4.74 Å². The third kappa shape index (κ3) is 2.67. The summed E-state index contributed by atoms with van der Waals surface area (Å²) >= 11 is 5.94. The van der Waals surface area contributed by atoms with Crippen molar-refractivity contribution >= 4 is 23.5 Å². The Bertz CT molecular complexity index is 480. The molecule has 0 bridgehead atoms. The first-order valence-electron chi connectivity index (χ1n) is 5.72. The Hall–Kier alpha value is -1.49. The maximum atomic E-state index is 12.2. The Morgan fingerprint density at radius 3 is 2.78 bits per heavy atom. The van der Waals surface area contributed by atoms with Crippen molar-refractivity contribution in [3.05, 3.63) is 23.0 Å². The minimum atomic E-state index is -0.443. The number of likely N-dealkylation sites (N-methyl/N-ethyl adjacent to an activating group) is 1. The maximum absolute atomic E-state index is 12.2. The van der Waals surface area contributed by atoms with Crippen LogP contribution in [-0.2, 0) is 9.53 Å². The monoisotopic (exact) mass is 270 g/mol. The molecule has 0 atom stereocenters. The van der Waals surface area contributed by atoms with Crippen LogP contribution in [0.2, 0.25) is 5.02 Å². The van der Waals surface area contributed by atoms with Crippen LogP contribution in [0, 0.1) is 0 Å². The first-order valence-corrected chi connectivity index (χ1v) is 6.10. The van der Waals surface area contributed by atoms with Gasteiger partial charge < -0.3 is 14.2 Å². The number of hydrogen-bond acceptors (Lipinski definition) is 3. The molecule has 6 heteroatoms. The molecular formula is C12H15ClN2O3. The topological polar surface area (TPSA) is 51.5 Å². The van der Waals surface area contributed by atoms with E-state index in [9.17, 15) is 9.59 Å². The van der Waals surface area contributed by atoms with E-state index in [-0.39, 0.29) is 12.5 Å². The van der Waals surface area contributed by atoms with Gasteiger partial charge in [0, 0.05) is 19.3 Å². The van der Waals surface area contributed by atoms with Gasteiger partial charge in [0.2, 0.25) is 0 Å².